The summed E-state index contributed by atoms with van der Waals surface area (Å²) >= 11 is 0. The number of nitrogens with zero attached hydrogens (tertiary/aromatic N) is 2. The van der Waals surface area contributed by atoms with Crippen molar-refractivity contribution in [1.29, 1.82) is 0 Å². The van der Waals surface area contributed by atoms with Gasteiger partial charge in [-0.05, 0) is 24.1 Å². The van der Waals surface area contributed by atoms with E-state index in [0.29, 0.717) is 12.3 Å². The highest BCUT2D eigenvalue weighted by Crippen LogP contribution is 2.11. The molecule has 0 radical (unpaired) electrons. The van der Waals surface area contributed by atoms with Gasteiger partial charge in [-0.3, -0.25) is 4.79 Å². The first kappa shape index (κ1) is 14.8. The summed E-state index contributed by atoms with van der Waals surface area (Å²) in [6.07, 6.45) is 1.21. The molecule has 0 saturated carbocycles. The quantitative estimate of drug-likeness (QED) is 0.813. The number of hydrogen-bond acceptors (Lipinski definition) is 4. The molecule has 0 unspecified atom stereocenters. The zero-order chi connectivity index (χ0) is 14.4. The molecule has 2 N–H and O–H groups in total. The first-order valence-corrected chi connectivity index (χ1v) is 7.08. The number of aliphatic carboxylic acids is 1. The highest BCUT2D eigenvalue weighted by Gasteiger charge is 2.16. The van der Waals surface area contributed by atoms with Crippen LogP contribution in [-0.4, -0.2) is 65.3 Å². The lowest BCUT2D eigenvalue weighted by Gasteiger charge is -2.34. The van der Waals surface area contributed by atoms with E-state index in [9.17, 15) is 9.90 Å². The number of rotatable bonds is 6. The highest BCUT2D eigenvalue weighted by atomic mass is 16.4. The van der Waals surface area contributed by atoms with Gasteiger partial charge < -0.3 is 20.0 Å². The summed E-state index contributed by atoms with van der Waals surface area (Å²) in [4.78, 5) is 15.2. The Kier molecular flexibility index (Phi) is 5.38. The van der Waals surface area contributed by atoms with Gasteiger partial charge in [0.25, 0.3) is 0 Å². The van der Waals surface area contributed by atoms with Gasteiger partial charge >= 0.3 is 5.97 Å². The van der Waals surface area contributed by atoms with E-state index in [1.54, 1.807) is 12.1 Å². The van der Waals surface area contributed by atoms with E-state index in [0.717, 1.165) is 39.1 Å². The molecule has 1 aromatic rings. The Labute approximate surface area is 119 Å². The maximum absolute atomic E-state index is 10.5. The van der Waals surface area contributed by atoms with Crippen molar-refractivity contribution in [2.45, 2.75) is 12.8 Å². The number of piperazine rings is 1. The Morgan fingerprint density at radius 2 is 1.55 bits per heavy atom. The molecule has 5 nitrogen and oxygen atoms in total. The fraction of sp³-hybridized carbons (Fsp3) is 0.533. The Balaban J connectivity index is 1.66. The molecule has 2 rings (SSSR count). The number of carboxylic acid groups (broad SMARTS) is 1. The third-order valence-electron chi connectivity index (χ3n) is 3.76. The molecule has 1 heterocycles. The average Bonchev–Trinajstić information content (AvgIpc) is 2.45. The van der Waals surface area contributed by atoms with Crippen LogP contribution in [0.1, 0.15) is 12.0 Å². The van der Waals surface area contributed by atoms with Crippen LogP contribution in [0, 0.1) is 0 Å². The molecule has 0 amide bonds. The molecule has 0 bridgehead atoms. The van der Waals surface area contributed by atoms with E-state index < -0.39 is 5.97 Å². The second-order valence-electron chi connectivity index (χ2n) is 5.24. The van der Waals surface area contributed by atoms with Crippen molar-refractivity contribution < 1.29 is 15.0 Å². The summed E-state index contributed by atoms with van der Waals surface area (Å²) < 4.78 is 0. The lowest BCUT2D eigenvalue weighted by atomic mass is 10.1. The normalized spacial score (nSPS) is 17.2. The molecule has 1 aromatic carbocycles. The van der Waals surface area contributed by atoms with Crippen LogP contribution in [0.25, 0.3) is 0 Å². The van der Waals surface area contributed by atoms with E-state index >= 15 is 0 Å². The number of carbonyl (C=O) groups is 1. The van der Waals surface area contributed by atoms with Crippen molar-refractivity contribution in [2.24, 2.45) is 0 Å². The first-order valence-electron chi connectivity index (χ1n) is 7.08. The average molecular weight is 278 g/mol. The minimum atomic E-state index is -0.722. The van der Waals surface area contributed by atoms with E-state index in [2.05, 4.69) is 9.80 Å². The molecular weight excluding hydrogens is 256 g/mol. The van der Waals surface area contributed by atoms with Gasteiger partial charge in [0.15, 0.2) is 0 Å². The van der Waals surface area contributed by atoms with E-state index in [1.165, 1.54) is 5.56 Å². The van der Waals surface area contributed by atoms with Gasteiger partial charge in [0.1, 0.15) is 5.75 Å². The molecule has 0 atom stereocenters. The standard InChI is InChI=1S/C15H22N2O3/c18-14-3-1-13(2-4-14)5-7-16-9-11-17(12-10-16)8-6-15(19)20/h1-4,18H,5-12H2,(H,19,20). The molecule has 1 saturated heterocycles. The van der Waals surface area contributed by atoms with Crippen LogP contribution in [0.5, 0.6) is 5.75 Å². The minimum absolute atomic E-state index is 0.230. The maximum atomic E-state index is 10.5. The number of phenols is 1. The number of phenolic OH excluding ortho intramolecular Hbond substituents is 1. The smallest absolute Gasteiger partial charge is 0.304 e. The number of benzene rings is 1. The van der Waals surface area contributed by atoms with E-state index in [-0.39, 0.29) is 6.42 Å². The van der Waals surface area contributed by atoms with Crippen LogP contribution in [-0.2, 0) is 11.2 Å². The largest absolute Gasteiger partial charge is 0.508 e. The van der Waals surface area contributed by atoms with Crippen LogP contribution in [0.4, 0.5) is 0 Å². The molecule has 0 spiro atoms. The van der Waals surface area contributed by atoms with Crippen LogP contribution in [0.3, 0.4) is 0 Å². The summed E-state index contributed by atoms with van der Waals surface area (Å²) in [5.74, 6) is -0.416. The Bertz CT molecular complexity index is 425. The molecule has 1 aliphatic rings. The predicted octanol–water partition coefficient (Wildman–Crippen LogP) is 1.03. The van der Waals surface area contributed by atoms with Gasteiger partial charge in [-0.25, -0.2) is 0 Å². The van der Waals surface area contributed by atoms with Gasteiger partial charge in [0.05, 0.1) is 6.42 Å². The zero-order valence-corrected chi connectivity index (χ0v) is 11.7. The van der Waals surface area contributed by atoms with Crippen LogP contribution >= 0.6 is 0 Å². The number of hydrogen-bond donors (Lipinski definition) is 2. The highest BCUT2D eigenvalue weighted by molar-refractivity contribution is 5.66. The van der Waals surface area contributed by atoms with E-state index in [4.69, 9.17) is 5.11 Å². The second kappa shape index (κ2) is 7.26. The number of carboxylic acids is 1. The minimum Gasteiger partial charge on any atom is -0.508 e. The first-order chi connectivity index (χ1) is 9.63. The Hall–Kier alpha value is -1.59. The van der Waals surface area contributed by atoms with Gasteiger partial charge in [0.2, 0.25) is 0 Å². The van der Waals surface area contributed by atoms with Crippen molar-refractivity contribution in [1.82, 2.24) is 9.80 Å². The SMILES string of the molecule is O=C(O)CCN1CCN(CCc2ccc(O)cc2)CC1. The molecule has 110 valence electrons. The predicted molar refractivity (Wildman–Crippen MR) is 76.9 cm³/mol. The second-order valence-corrected chi connectivity index (χ2v) is 5.24. The lowest BCUT2D eigenvalue weighted by Crippen LogP contribution is -2.47. The van der Waals surface area contributed by atoms with E-state index in [1.807, 2.05) is 12.1 Å². The van der Waals surface area contributed by atoms with Gasteiger partial charge in [-0.1, -0.05) is 12.1 Å². The summed E-state index contributed by atoms with van der Waals surface area (Å²) in [6.45, 7) is 5.56. The molecule has 5 heteroatoms. The van der Waals surface area contributed by atoms with Gasteiger partial charge in [-0.2, -0.15) is 0 Å². The molecule has 0 aliphatic carbocycles. The summed E-state index contributed by atoms with van der Waals surface area (Å²) in [6, 6.07) is 7.36. The van der Waals surface area contributed by atoms with Gasteiger partial charge in [0, 0.05) is 39.3 Å². The third kappa shape index (κ3) is 4.83. The summed E-state index contributed by atoms with van der Waals surface area (Å²) in [7, 11) is 0. The molecule has 1 fully saturated rings. The van der Waals surface area contributed by atoms with Crippen LogP contribution < -0.4 is 0 Å². The Morgan fingerprint density at radius 1 is 1.00 bits per heavy atom. The monoisotopic (exact) mass is 278 g/mol. The van der Waals surface area contributed by atoms with Crippen molar-refractivity contribution in [3.8, 4) is 5.75 Å². The molecule has 20 heavy (non-hydrogen) atoms. The summed E-state index contributed by atoms with van der Waals surface area (Å²) in [5, 5.41) is 17.9. The van der Waals surface area contributed by atoms with Crippen molar-refractivity contribution in [3.63, 3.8) is 0 Å². The molecular formula is C15H22N2O3. The lowest BCUT2D eigenvalue weighted by molar-refractivity contribution is -0.137. The van der Waals surface area contributed by atoms with Crippen molar-refractivity contribution >= 4 is 5.97 Å². The summed E-state index contributed by atoms with van der Waals surface area (Å²) in [5.41, 5.74) is 1.23. The van der Waals surface area contributed by atoms with Crippen LogP contribution in [0.2, 0.25) is 0 Å². The maximum Gasteiger partial charge on any atom is 0.304 e. The zero-order valence-electron chi connectivity index (χ0n) is 11.7. The topological polar surface area (TPSA) is 64.0 Å². The molecule has 0 aromatic heterocycles. The van der Waals surface area contributed by atoms with Crippen molar-refractivity contribution in [3.05, 3.63) is 29.8 Å². The molecule has 1 aliphatic heterocycles. The van der Waals surface area contributed by atoms with Gasteiger partial charge in [-0.15, -0.1) is 0 Å². The van der Waals surface area contributed by atoms with Crippen LogP contribution in [0.15, 0.2) is 24.3 Å². The Morgan fingerprint density at radius 3 is 2.10 bits per heavy atom. The fourth-order valence-electron chi connectivity index (χ4n) is 2.44. The fourth-order valence-corrected chi connectivity index (χ4v) is 2.44. The number of aromatic hydroxyl groups is 1. The van der Waals surface area contributed by atoms with Crippen molar-refractivity contribution in [2.75, 3.05) is 39.3 Å². The third-order valence-corrected chi connectivity index (χ3v) is 3.76.